The van der Waals surface area contributed by atoms with Gasteiger partial charge in [0.2, 0.25) is 16.1 Å². The van der Waals surface area contributed by atoms with E-state index in [1.165, 1.54) is 18.3 Å². The van der Waals surface area contributed by atoms with Crippen molar-refractivity contribution >= 4 is 66.3 Å². The molecule has 2 aromatic rings. The Labute approximate surface area is 241 Å². The molecule has 1 aliphatic rings. The summed E-state index contributed by atoms with van der Waals surface area (Å²) in [6.07, 6.45) is 3.02. The Morgan fingerprint density at radius 2 is 1.88 bits per heavy atom. The van der Waals surface area contributed by atoms with Gasteiger partial charge in [0.25, 0.3) is 11.8 Å². The van der Waals surface area contributed by atoms with E-state index >= 15 is 0 Å². The third-order valence-electron chi connectivity index (χ3n) is 6.25. The summed E-state index contributed by atoms with van der Waals surface area (Å²) >= 11 is 3.38. The van der Waals surface area contributed by atoms with Crippen molar-refractivity contribution in [2.45, 2.75) is 38.1 Å². The van der Waals surface area contributed by atoms with Gasteiger partial charge in [-0.1, -0.05) is 21.1 Å². The maximum atomic E-state index is 12.9. The van der Waals surface area contributed by atoms with E-state index in [9.17, 15) is 22.9 Å². The monoisotopic (exact) mass is 633 g/mol. The molecule has 0 heterocycles. The largest absolute Gasteiger partial charge is 0.398 e. The Hall–Kier alpha value is -3.65. The van der Waals surface area contributed by atoms with Crippen LogP contribution in [0.2, 0.25) is 0 Å². The second-order valence-corrected chi connectivity index (χ2v) is 12.3. The number of hydrogen-bond acceptors (Lipinski definition) is 9. The lowest BCUT2D eigenvalue weighted by molar-refractivity contribution is -0.121. The third kappa shape index (κ3) is 7.72. The van der Waals surface area contributed by atoms with Crippen molar-refractivity contribution in [2.75, 3.05) is 36.4 Å². The highest BCUT2D eigenvalue weighted by Crippen LogP contribution is 2.46. The average Bonchev–Trinajstić information content (AvgIpc) is 3.73. The zero-order valence-corrected chi connectivity index (χ0v) is 24.8. The number of sulfonamides is 1. The third-order valence-corrected chi connectivity index (χ3v) is 7.96. The van der Waals surface area contributed by atoms with Crippen molar-refractivity contribution < 1.29 is 18.0 Å². The maximum Gasteiger partial charge on any atom is 0.270 e. The van der Waals surface area contributed by atoms with Crippen LogP contribution in [0.4, 0.5) is 17.1 Å². The van der Waals surface area contributed by atoms with Crippen LogP contribution in [-0.2, 0) is 19.6 Å². The highest BCUT2D eigenvalue weighted by Gasteiger charge is 2.32. The van der Waals surface area contributed by atoms with Gasteiger partial charge in [-0.05, 0) is 74.1 Å². The zero-order chi connectivity index (χ0) is 29.6. The Morgan fingerprint density at radius 3 is 2.40 bits per heavy atom. The van der Waals surface area contributed by atoms with Crippen LogP contribution in [0.3, 0.4) is 0 Å². The molecule has 0 bridgehead atoms. The average molecular weight is 635 g/mol. The molecule has 214 valence electrons. The molecule has 2 amide bonds. The van der Waals surface area contributed by atoms with E-state index < -0.39 is 27.9 Å². The minimum atomic E-state index is -3.76. The van der Waals surface area contributed by atoms with Crippen LogP contribution in [0.25, 0.3) is 0 Å². The molecule has 0 saturated heterocycles. The number of nitrogens with one attached hydrogen (secondary N) is 3. The summed E-state index contributed by atoms with van der Waals surface area (Å²) < 4.78 is 27.8. The molecule has 1 atom stereocenters. The second-order valence-electron chi connectivity index (χ2n) is 9.46. The first-order chi connectivity index (χ1) is 18.9. The number of rotatable bonds is 13. The summed E-state index contributed by atoms with van der Waals surface area (Å²) in [4.78, 5) is 40.4. The van der Waals surface area contributed by atoms with E-state index in [0.29, 0.717) is 16.9 Å². The number of nitrogens with zero attached hydrogens (tertiary/aromatic N) is 3. The van der Waals surface area contributed by atoms with Gasteiger partial charge in [-0.2, -0.15) is 0 Å². The second kappa shape index (κ2) is 13.1. The molecule has 0 spiro atoms. The van der Waals surface area contributed by atoms with Gasteiger partial charge in [0, 0.05) is 41.6 Å². The maximum absolute atomic E-state index is 12.9. The first-order valence-electron chi connectivity index (χ1n) is 12.5. The molecule has 1 saturated carbocycles. The molecule has 1 fully saturated rings. The van der Waals surface area contributed by atoms with Crippen molar-refractivity contribution in [3.8, 4) is 0 Å². The Kier molecular flexibility index (Phi) is 10.1. The van der Waals surface area contributed by atoms with Crippen LogP contribution in [0.15, 0.2) is 51.0 Å². The van der Waals surface area contributed by atoms with Crippen LogP contribution >= 0.6 is 15.9 Å². The van der Waals surface area contributed by atoms with Crippen molar-refractivity contribution in [3.63, 3.8) is 0 Å². The lowest BCUT2D eigenvalue weighted by atomic mass is 9.98. The topological polar surface area (TPSA) is 187 Å². The number of amides is 2. The number of halogens is 1. The zero-order valence-electron chi connectivity index (χ0n) is 22.4. The summed E-state index contributed by atoms with van der Waals surface area (Å²) in [7, 11) is -2.26. The molecule has 1 unspecified atom stereocenters. The lowest BCUT2D eigenvalue weighted by Gasteiger charge is -2.26. The van der Waals surface area contributed by atoms with E-state index in [-0.39, 0.29) is 42.5 Å². The van der Waals surface area contributed by atoms with Gasteiger partial charge in [0.15, 0.2) is 0 Å². The van der Waals surface area contributed by atoms with E-state index in [1.807, 2.05) is 0 Å². The molecule has 3 rings (SSSR count). The van der Waals surface area contributed by atoms with Gasteiger partial charge >= 0.3 is 0 Å². The number of carbonyl (C=O) groups is 2. The van der Waals surface area contributed by atoms with E-state index in [2.05, 4.69) is 36.7 Å². The van der Waals surface area contributed by atoms with Gasteiger partial charge in [0.1, 0.15) is 5.71 Å². The number of nitrogens with two attached hydrogens (primary N) is 1. The fraction of sp³-hybridized carbons (Fsp3) is 0.385. The van der Waals surface area contributed by atoms with Crippen LogP contribution in [0.5, 0.6) is 0 Å². The fourth-order valence-electron chi connectivity index (χ4n) is 4.08. The van der Waals surface area contributed by atoms with Gasteiger partial charge in [-0.3, -0.25) is 13.9 Å². The number of nitroso groups, excluding NO2 is 1. The molecule has 0 aliphatic heterocycles. The predicted octanol–water partition coefficient (Wildman–Crippen LogP) is 3.22. The number of carbonyl (C=O) groups excluding carboxylic acids is 2. The van der Waals surface area contributed by atoms with E-state index in [0.717, 1.165) is 29.1 Å². The summed E-state index contributed by atoms with van der Waals surface area (Å²) in [5.74, 6) is -1.07. The molecule has 5 N–H and O–H groups in total. The van der Waals surface area contributed by atoms with E-state index in [4.69, 9.17) is 11.1 Å². The standard InChI is InChI=1S/C26H32BrN7O5S/c1-15(28)23(33-37)26(36)31-11-4-12-34(40(3,38)39)22-14-21(29)20(13-19(22)16-5-6-16)24(25(35)30-2)32-18-9-7-17(27)8-10-18/h7-10,13-14,16,23,28H,4-6,11-12,29H2,1-3H3,(H,30,35)(H,31,36). The predicted molar refractivity (Wildman–Crippen MR) is 160 cm³/mol. The highest BCUT2D eigenvalue weighted by molar-refractivity contribution is 9.10. The van der Waals surface area contributed by atoms with Gasteiger partial charge in [0.05, 0.1) is 17.6 Å². The van der Waals surface area contributed by atoms with Crippen molar-refractivity contribution in [1.29, 1.82) is 5.41 Å². The SMILES string of the molecule is CNC(=O)C(=Nc1ccc(Br)cc1)c1cc(C2CC2)c(N(CCCNC(=O)C(N=O)C(C)=N)S(C)(=O)=O)cc1N. The Balaban J connectivity index is 1.96. The molecule has 0 aromatic heterocycles. The minimum absolute atomic E-state index is 0.0235. The molecule has 12 nitrogen and oxygen atoms in total. The smallest absolute Gasteiger partial charge is 0.270 e. The van der Waals surface area contributed by atoms with Crippen molar-refractivity contribution in [2.24, 2.45) is 10.2 Å². The fourth-order valence-corrected chi connectivity index (χ4v) is 5.32. The number of aliphatic imine (C=N–C) groups is 1. The molecule has 2 aromatic carbocycles. The summed E-state index contributed by atoms with van der Waals surface area (Å²) in [6.45, 7) is 1.40. The molecular formula is C26H32BrN7O5S. The van der Waals surface area contributed by atoms with Gasteiger partial charge < -0.3 is 21.8 Å². The van der Waals surface area contributed by atoms with Gasteiger partial charge in [-0.25, -0.2) is 13.4 Å². The number of anilines is 2. The lowest BCUT2D eigenvalue weighted by Crippen LogP contribution is -2.39. The van der Waals surface area contributed by atoms with Crippen LogP contribution in [-0.4, -0.2) is 64.1 Å². The van der Waals surface area contributed by atoms with Crippen molar-refractivity contribution in [3.05, 3.63) is 56.9 Å². The van der Waals surface area contributed by atoms with Crippen LogP contribution in [0, 0.1) is 10.3 Å². The van der Waals surface area contributed by atoms with E-state index in [1.54, 1.807) is 36.4 Å². The molecular weight excluding hydrogens is 602 g/mol. The first kappa shape index (κ1) is 30.9. The highest BCUT2D eigenvalue weighted by atomic mass is 79.9. The van der Waals surface area contributed by atoms with Gasteiger partial charge in [-0.15, -0.1) is 4.91 Å². The molecule has 0 radical (unpaired) electrons. The summed E-state index contributed by atoms with van der Waals surface area (Å²) in [5.41, 5.74) is 8.60. The molecule has 14 heteroatoms. The summed E-state index contributed by atoms with van der Waals surface area (Å²) in [6, 6.07) is 8.97. The molecule has 1 aliphatic carbocycles. The normalized spacial score (nSPS) is 14.2. The Morgan fingerprint density at radius 1 is 1.23 bits per heavy atom. The number of likely N-dealkylation sites (N-methyl/N-ethyl adjacent to an activating group) is 1. The minimum Gasteiger partial charge on any atom is -0.398 e. The number of benzene rings is 2. The first-order valence-corrected chi connectivity index (χ1v) is 15.1. The molecule has 40 heavy (non-hydrogen) atoms. The van der Waals surface area contributed by atoms with Crippen molar-refractivity contribution in [1.82, 2.24) is 10.6 Å². The number of nitrogen functional groups attached to an aromatic ring is 1. The quantitative estimate of drug-likeness (QED) is 0.113. The van der Waals surface area contributed by atoms with Crippen LogP contribution in [0.1, 0.15) is 43.2 Å². The Bertz CT molecular complexity index is 1440. The van der Waals surface area contributed by atoms with Crippen LogP contribution < -0.4 is 20.7 Å². The summed E-state index contributed by atoms with van der Waals surface area (Å²) in [5, 5.41) is 15.3. The number of hydrogen-bond donors (Lipinski definition) is 4.